The normalized spacial score (nSPS) is 33.1. The molecule has 0 aromatic carbocycles. The minimum atomic E-state index is -0.607. The lowest BCUT2D eigenvalue weighted by Gasteiger charge is -2.16. The lowest BCUT2D eigenvalue weighted by Crippen LogP contribution is -2.27. The molecule has 0 bridgehead atoms. The molecule has 1 rings (SSSR count). The highest BCUT2D eigenvalue weighted by atomic mass is 16.6. The van der Waals surface area contributed by atoms with Crippen LogP contribution in [0.2, 0.25) is 0 Å². The van der Waals surface area contributed by atoms with Crippen LogP contribution < -0.4 is 0 Å². The molecule has 3 heteroatoms. The van der Waals surface area contributed by atoms with Gasteiger partial charge in [-0.2, -0.15) is 0 Å². The summed E-state index contributed by atoms with van der Waals surface area (Å²) in [6.07, 6.45) is 1.01. The molecular weight excluding hydrogens is 144 g/mol. The van der Waals surface area contributed by atoms with E-state index in [0.717, 1.165) is 0 Å². The van der Waals surface area contributed by atoms with Crippen LogP contribution in [0.5, 0.6) is 0 Å². The van der Waals surface area contributed by atoms with Crippen molar-refractivity contribution in [3.8, 4) is 0 Å². The average Bonchev–Trinajstić information content (AvgIpc) is 2.30. The Balaban J connectivity index is 2.64. The molecule has 0 unspecified atom stereocenters. The molecule has 0 aromatic heterocycles. The van der Waals surface area contributed by atoms with Crippen LogP contribution in [0.15, 0.2) is 12.7 Å². The first-order valence-corrected chi connectivity index (χ1v) is 3.65. The summed E-state index contributed by atoms with van der Waals surface area (Å²) in [6.45, 7) is 5.18. The maximum atomic E-state index is 10.7. The van der Waals surface area contributed by atoms with Gasteiger partial charge in [-0.15, -0.1) is 6.58 Å². The van der Waals surface area contributed by atoms with E-state index in [0.29, 0.717) is 6.42 Å². The number of ether oxygens (including phenoxy) is 1. The molecule has 1 saturated heterocycles. The molecular formula is C8H12O3. The number of carbonyl (C=O) groups excluding carboxylic acids is 1. The molecule has 0 aromatic rings. The van der Waals surface area contributed by atoms with E-state index in [4.69, 9.17) is 9.84 Å². The van der Waals surface area contributed by atoms with Crippen LogP contribution in [0.25, 0.3) is 0 Å². The predicted molar refractivity (Wildman–Crippen MR) is 39.9 cm³/mol. The Morgan fingerprint density at radius 2 is 2.55 bits per heavy atom. The quantitative estimate of drug-likeness (QED) is 0.467. The van der Waals surface area contributed by atoms with Gasteiger partial charge in [0.05, 0.1) is 12.5 Å². The van der Waals surface area contributed by atoms with Crippen molar-refractivity contribution in [2.75, 3.05) is 0 Å². The van der Waals surface area contributed by atoms with Crippen LogP contribution in [0.3, 0.4) is 0 Å². The second-order valence-corrected chi connectivity index (χ2v) is 2.80. The summed E-state index contributed by atoms with van der Waals surface area (Å²) in [5.41, 5.74) is 0. The SMILES string of the molecule is C=C[C@@H]1CC(=O)O[C@@H]1[C@H](C)O. The molecule has 1 N–H and O–H groups in total. The first kappa shape index (κ1) is 8.27. The maximum absolute atomic E-state index is 10.7. The summed E-state index contributed by atoms with van der Waals surface area (Å²) < 4.78 is 4.87. The predicted octanol–water partition coefficient (Wildman–Crippen LogP) is 0.485. The van der Waals surface area contributed by atoms with Crippen molar-refractivity contribution in [2.45, 2.75) is 25.6 Å². The maximum Gasteiger partial charge on any atom is 0.306 e. The molecule has 0 saturated carbocycles. The van der Waals surface area contributed by atoms with E-state index >= 15 is 0 Å². The minimum Gasteiger partial charge on any atom is -0.459 e. The minimum absolute atomic E-state index is 0.0255. The molecule has 1 aliphatic heterocycles. The van der Waals surface area contributed by atoms with Crippen molar-refractivity contribution in [1.29, 1.82) is 0 Å². The van der Waals surface area contributed by atoms with E-state index in [1.165, 1.54) is 0 Å². The third-order valence-corrected chi connectivity index (χ3v) is 1.87. The van der Waals surface area contributed by atoms with Gasteiger partial charge < -0.3 is 9.84 Å². The zero-order valence-corrected chi connectivity index (χ0v) is 6.49. The second-order valence-electron chi connectivity index (χ2n) is 2.80. The van der Waals surface area contributed by atoms with Gasteiger partial charge in [0.1, 0.15) is 6.10 Å². The molecule has 0 aliphatic carbocycles. The molecule has 1 heterocycles. The molecule has 11 heavy (non-hydrogen) atoms. The highest BCUT2D eigenvalue weighted by Crippen LogP contribution is 2.25. The van der Waals surface area contributed by atoms with Gasteiger partial charge in [0.25, 0.3) is 0 Å². The Labute approximate surface area is 65.7 Å². The third-order valence-electron chi connectivity index (χ3n) is 1.87. The first-order chi connectivity index (χ1) is 5.15. The van der Waals surface area contributed by atoms with Gasteiger partial charge in [0, 0.05) is 5.92 Å². The van der Waals surface area contributed by atoms with Crippen LogP contribution >= 0.6 is 0 Å². The van der Waals surface area contributed by atoms with Crippen LogP contribution in [0.4, 0.5) is 0 Å². The summed E-state index contributed by atoms with van der Waals surface area (Å²) in [5.74, 6) is -0.275. The lowest BCUT2D eigenvalue weighted by molar-refractivity contribution is -0.145. The number of aliphatic hydroxyl groups excluding tert-OH is 1. The van der Waals surface area contributed by atoms with Gasteiger partial charge in [-0.1, -0.05) is 6.08 Å². The Bertz CT molecular complexity index is 174. The average molecular weight is 156 g/mol. The molecule has 3 nitrogen and oxygen atoms in total. The molecule has 0 amide bonds. The van der Waals surface area contributed by atoms with Crippen molar-refractivity contribution in [3.63, 3.8) is 0 Å². The van der Waals surface area contributed by atoms with Gasteiger partial charge in [0.15, 0.2) is 0 Å². The number of aliphatic hydroxyl groups is 1. The summed E-state index contributed by atoms with van der Waals surface area (Å²) >= 11 is 0. The van der Waals surface area contributed by atoms with Crippen molar-refractivity contribution >= 4 is 5.97 Å². The largest absolute Gasteiger partial charge is 0.459 e. The molecule has 1 aliphatic rings. The highest BCUT2D eigenvalue weighted by molar-refractivity contribution is 5.72. The van der Waals surface area contributed by atoms with Crippen molar-refractivity contribution in [3.05, 3.63) is 12.7 Å². The first-order valence-electron chi connectivity index (χ1n) is 3.65. The van der Waals surface area contributed by atoms with Gasteiger partial charge in [0.2, 0.25) is 0 Å². The van der Waals surface area contributed by atoms with Gasteiger partial charge in [-0.3, -0.25) is 4.79 Å². The highest BCUT2D eigenvalue weighted by Gasteiger charge is 2.35. The van der Waals surface area contributed by atoms with Crippen LogP contribution in [-0.4, -0.2) is 23.3 Å². The van der Waals surface area contributed by atoms with E-state index in [1.54, 1.807) is 13.0 Å². The standard InChI is InChI=1S/C8H12O3/c1-3-6-4-7(10)11-8(6)5(2)9/h3,5-6,8-9H,1,4H2,2H3/t5-,6+,8+/m0/s1. The zero-order valence-electron chi connectivity index (χ0n) is 6.49. The van der Waals surface area contributed by atoms with Crippen molar-refractivity contribution < 1.29 is 14.6 Å². The number of esters is 1. The van der Waals surface area contributed by atoms with E-state index in [9.17, 15) is 4.79 Å². The van der Waals surface area contributed by atoms with E-state index in [2.05, 4.69) is 6.58 Å². The van der Waals surface area contributed by atoms with Crippen LogP contribution in [0, 0.1) is 5.92 Å². The number of cyclic esters (lactones) is 1. The number of carbonyl (C=O) groups is 1. The lowest BCUT2D eigenvalue weighted by atomic mass is 9.98. The fourth-order valence-electron chi connectivity index (χ4n) is 1.27. The summed E-state index contributed by atoms with van der Waals surface area (Å²) in [7, 11) is 0. The summed E-state index contributed by atoms with van der Waals surface area (Å²) in [6, 6.07) is 0. The Morgan fingerprint density at radius 1 is 1.91 bits per heavy atom. The Morgan fingerprint density at radius 3 is 2.91 bits per heavy atom. The van der Waals surface area contributed by atoms with E-state index in [-0.39, 0.29) is 18.0 Å². The van der Waals surface area contributed by atoms with Gasteiger partial charge in [-0.25, -0.2) is 0 Å². The fraction of sp³-hybridized carbons (Fsp3) is 0.625. The van der Waals surface area contributed by atoms with Crippen LogP contribution in [0.1, 0.15) is 13.3 Å². The topological polar surface area (TPSA) is 46.5 Å². The van der Waals surface area contributed by atoms with E-state index in [1.807, 2.05) is 0 Å². The number of rotatable bonds is 2. The van der Waals surface area contributed by atoms with Crippen molar-refractivity contribution in [1.82, 2.24) is 0 Å². The Hall–Kier alpha value is -0.830. The van der Waals surface area contributed by atoms with Gasteiger partial charge in [-0.05, 0) is 6.92 Å². The van der Waals surface area contributed by atoms with Crippen LogP contribution in [-0.2, 0) is 9.53 Å². The second kappa shape index (κ2) is 3.05. The molecule has 1 fully saturated rings. The van der Waals surface area contributed by atoms with Crippen molar-refractivity contribution in [2.24, 2.45) is 5.92 Å². The fourth-order valence-corrected chi connectivity index (χ4v) is 1.27. The number of hydrogen-bond acceptors (Lipinski definition) is 3. The zero-order chi connectivity index (χ0) is 8.43. The molecule has 0 radical (unpaired) electrons. The Kier molecular flexibility index (Phi) is 2.29. The number of hydrogen-bond donors (Lipinski definition) is 1. The molecule has 0 spiro atoms. The summed E-state index contributed by atoms with van der Waals surface area (Å²) in [4.78, 5) is 10.7. The van der Waals surface area contributed by atoms with E-state index < -0.39 is 6.10 Å². The van der Waals surface area contributed by atoms with Gasteiger partial charge >= 0.3 is 5.97 Å². The monoisotopic (exact) mass is 156 g/mol. The molecule has 3 atom stereocenters. The smallest absolute Gasteiger partial charge is 0.306 e. The third kappa shape index (κ3) is 1.60. The summed E-state index contributed by atoms with van der Waals surface area (Å²) in [5, 5.41) is 9.15. The molecule has 62 valence electrons.